The number of benzene rings is 1. The van der Waals surface area contributed by atoms with Gasteiger partial charge < -0.3 is 5.43 Å². The molecule has 0 aliphatic carbocycles. The van der Waals surface area contributed by atoms with Gasteiger partial charge in [-0.05, 0) is 12.5 Å². The number of nitrogens with zero attached hydrogens (tertiary/aromatic N) is 1. The number of aryl methyl sites for hydroxylation is 1. The van der Waals surface area contributed by atoms with Gasteiger partial charge in [0, 0.05) is 7.05 Å². The Morgan fingerprint density at radius 3 is 2.45 bits per heavy atom. The van der Waals surface area contributed by atoms with E-state index < -0.39 is 0 Å². The van der Waals surface area contributed by atoms with Gasteiger partial charge in [-0.2, -0.15) is 5.10 Å². The smallest absolute Gasteiger partial charge is 0.0540 e. The van der Waals surface area contributed by atoms with E-state index in [1.54, 1.807) is 13.3 Å². The van der Waals surface area contributed by atoms with Crippen LogP contribution in [0.3, 0.4) is 0 Å². The molecule has 0 radical (unpaired) electrons. The van der Waals surface area contributed by atoms with E-state index >= 15 is 0 Å². The van der Waals surface area contributed by atoms with Crippen molar-refractivity contribution < 1.29 is 0 Å². The molecule has 2 nitrogen and oxygen atoms in total. The number of hydrogen-bond acceptors (Lipinski definition) is 2. The summed E-state index contributed by atoms with van der Waals surface area (Å²) in [7, 11) is 1.78. The molecule has 1 aromatic carbocycles. The van der Waals surface area contributed by atoms with Crippen molar-refractivity contribution in [2.24, 2.45) is 5.10 Å². The molecule has 2 heteroatoms. The molecule has 58 valence electrons. The maximum atomic E-state index is 3.90. The van der Waals surface area contributed by atoms with Gasteiger partial charge in [0.05, 0.1) is 6.21 Å². The van der Waals surface area contributed by atoms with Crippen LogP contribution < -0.4 is 5.43 Å². The largest absolute Gasteiger partial charge is 0.313 e. The Hall–Kier alpha value is -1.31. The van der Waals surface area contributed by atoms with Crippen LogP contribution in [-0.2, 0) is 0 Å². The zero-order chi connectivity index (χ0) is 8.10. The van der Waals surface area contributed by atoms with Gasteiger partial charge in [0.2, 0.25) is 0 Å². The van der Waals surface area contributed by atoms with E-state index in [0.29, 0.717) is 0 Å². The van der Waals surface area contributed by atoms with Crippen molar-refractivity contribution in [2.75, 3.05) is 7.05 Å². The van der Waals surface area contributed by atoms with Gasteiger partial charge in [-0.3, -0.25) is 0 Å². The van der Waals surface area contributed by atoms with Crippen molar-refractivity contribution in [3.05, 3.63) is 35.4 Å². The molecule has 1 rings (SSSR count). The first-order chi connectivity index (χ1) is 5.33. The molecule has 11 heavy (non-hydrogen) atoms. The Morgan fingerprint density at radius 1 is 1.27 bits per heavy atom. The second kappa shape index (κ2) is 3.76. The molecule has 1 aromatic rings. The third kappa shape index (κ3) is 2.42. The summed E-state index contributed by atoms with van der Waals surface area (Å²) in [6, 6.07) is 8.21. The van der Waals surface area contributed by atoms with Crippen molar-refractivity contribution in [2.45, 2.75) is 6.92 Å². The molecule has 0 spiro atoms. The Labute approximate surface area is 66.9 Å². The molecule has 0 heterocycles. The normalized spacial score (nSPS) is 10.4. The summed E-state index contributed by atoms with van der Waals surface area (Å²) in [5.74, 6) is 0. The first kappa shape index (κ1) is 7.79. The molecule has 0 saturated carbocycles. The van der Waals surface area contributed by atoms with Crippen LogP contribution >= 0.6 is 0 Å². The van der Waals surface area contributed by atoms with Crippen LogP contribution in [0, 0.1) is 6.92 Å². The predicted molar refractivity (Wildman–Crippen MR) is 47.8 cm³/mol. The van der Waals surface area contributed by atoms with E-state index in [-0.39, 0.29) is 0 Å². The Bertz CT molecular complexity index is 236. The zero-order valence-electron chi connectivity index (χ0n) is 6.83. The third-order valence-corrected chi connectivity index (χ3v) is 1.42. The van der Waals surface area contributed by atoms with Gasteiger partial charge in [0.15, 0.2) is 0 Å². The first-order valence-corrected chi connectivity index (χ1v) is 3.59. The van der Waals surface area contributed by atoms with E-state index in [1.807, 2.05) is 12.1 Å². The summed E-state index contributed by atoms with van der Waals surface area (Å²) in [6.07, 6.45) is 1.79. The van der Waals surface area contributed by atoms with Crippen molar-refractivity contribution in [3.8, 4) is 0 Å². The summed E-state index contributed by atoms with van der Waals surface area (Å²) in [4.78, 5) is 0. The molecule has 0 saturated heterocycles. The monoisotopic (exact) mass is 148 g/mol. The SMILES string of the molecule is CNN=Cc1ccc(C)cc1. The summed E-state index contributed by atoms with van der Waals surface area (Å²) in [5, 5.41) is 3.90. The molecular weight excluding hydrogens is 136 g/mol. The van der Waals surface area contributed by atoms with Crippen LogP contribution in [0.5, 0.6) is 0 Å². The van der Waals surface area contributed by atoms with E-state index in [1.165, 1.54) is 5.56 Å². The second-order valence-corrected chi connectivity index (χ2v) is 2.39. The lowest BCUT2D eigenvalue weighted by atomic mass is 10.2. The maximum absolute atomic E-state index is 3.90. The fourth-order valence-electron chi connectivity index (χ4n) is 0.792. The van der Waals surface area contributed by atoms with Crippen LogP contribution in [0.4, 0.5) is 0 Å². The van der Waals surface area contributed by atoms with Gasteiger partial charge in [0.1, 0.15) is 0 Å². The van der Waals surface area contributed by atoms with Crippen LogP contribution in [0.15, 0.2) is 29.4 Å². The molecule has 0 aromatic heterocycles. The molecule has 0 aliphatic heterocycles. The highest BCUT2D eigenvalue weighted by atomic mass is 15.3. The minimum Gasteiger partial charge on any atom is -0.313 e. The summed E-state index contributed by atoms with van der Waals surface area (Å²) in [6.45, 7) is 2.07. The fourth-order valence-corrected chi connectivity index (χ4v) is 0.792. The summed E-state index contributed by atoms with van der Waals surface area (Å²) >= 11 is 0. The van der Waals surface area contributed by atoms with Crippen LogP contribution in [0.1, 0.15) is 11.1 Å². The molecule has 0 aliphatic rings. The standard InChI is InChI=1S/C9H12N2/c1-8-3-5-9(6-4-8)7-11-10-2/h3-7,10H,1-2H3. The predicted octanol–water partition coefficient (Wildman–Crippen LogP) is 1.55. The summed E-state index contributed by atoms with van der Waals surface area (Å²) in [5.41, 5.74) is 5.09. The molecule has 0 amide bonds. The van der Waals surface area contributed by atoms with Gasteiger partial charge >= 0.3 is 0 Å². The van der Waals surface area contributed by atoms with E-state index in [9.17, 15) is 0 Å². The highest BCUT2D eigenvalue weighted by Gasteiger charge is 1.85. The lowest BCUT2D eigenvalue weighted by molar-refractivity contribution is 0.908. The summed E-state index contributed by atoms with van der Waals surface area (Å²) < 4.78 is 0. The van der Waals surface area contributed by atoms with Crippen molar-refractivity contribution in [1.29, 1.82) is 0 Å². The van der Waals surface area contributed by atoms with Gasteiger partial charge in [-0.1, -0.05) is 29.8 Å². The molecule has 1 N–H and O–H groups in total. The quantitative estimate of drug-likeness (QED) is 0.499. The van der Waals surface area contributed by atoms with Crippen LogP contribution in [-0.4, -0.2) is 13.3 Å². The third-order valence-electron chi connectivity index (χ3n) is 1.42. The lowest BCUT2D eigenvalue weighted by Gasteiger charge is -1.93. The minimum absolute atomic E-state index is 1.12. The number of hydrogen-bond donors (Lipinski definition) is 1. The Morgan fingerprint density at radius 2 is 1.91 bits per heavy atom. The highest BCUT2D eigenvalue weighted by molar-refractivity contribution is 5.79. The Kier molecular flexibility index (Phi) is 2.66. The van der Waals surface area contributed by atoms with Crippen molar-refractivity contribution >= 4 is 6.21 Å². The van der Waals surface area contributed by atoms with Crippen molar-refractivity contribution in [1.82, 2.24) is 5.43 Å². The van der Waals surface area contributed by atoms with E-state index in [0.717, 1.165) is 5.56 Å². The van der Waals surface area contributed by atoms with Crippen LogP contribution in [0.25, 0.3) is 0 Å². The van der Waals surface area contributed by atoms with E-state index in [4.69, 9.17) is 0 Å². The first-order valence-electron chi connectivity index (χ1n) is 3.59. The Balaban J connectivity index is 2.73. The number of hydrazone groups is 1. The second-order valence-electron chi connectivity index (χ2n) is 2.39. The highest BCUT2D eigenvalue weighted by Crippen LogP contribution is 1.99. The molecule has 0 unspecified atom stereocenters. The molecule has 0 fully saturated rings. The number of rotatable bonds is 2. The van der Waals surface area contributed by atoms with Gasteiger partial charge in [0.25, 0.3) is 0 Å². The average molecular weight is 148 g/mol. The van der Waals surface area contributed by atoms with Crippen LogP contribution in [0.2, 0.25) is 0 Å². The topological polar surface area (TPSA) is 24.4 Å². The molecule has 0 bridgehead atoms. The lowest BCUT2D eigenvalue weighted by Crippen LogP contribution is -1.94. The average Bonchev–Trinajstić information content (AvgIpc) is 2.04. The van der Waals surface area contributed by atoms with Gasteiger partial charge in [-0.15, -0.1) is 0 Å². The number of nitrogens with one attached hydrogen (secondary N) is 1. The zero-order valence-corrected chi connectivity index (χ0v) is 6.83. The molecule has 0 atom stereocenters. The van der Waals surface area contributed by atoms with Gasteiger partial charge in [-0.25, -0.2) is 0 Å². The van der Waals surface area contributed by atoms with E-state index in [2.05, 4.69) is 29.6 Å². The minimum atomic E-state index is 1.12. The molecular formula is C9H12N2. The van der Waals surface area contributed by atoms with Crippen molar-refractivity contribution in [3.63, 3.8) is 0 Å². The fraction of sp³-hybridized carbons (Fsp3) is 0.222. The maximum Gasteiger partial charge on any atom is 0.0540 e.